The van der Waals surface area contributed by atoms with Crippen molar-refractivity contribution in [3.63, 3.8) is 0 Å². The van der Waals surface area contributed by atoms with Crippen LogP contribution in [0.1, 0.15) is 5.82 Å². The van der Waals surface area contributed by atoms with Crippen LogP contribution < -0.4 is 15.4 Å². The predicted octanol–water partition coefficient (Wildman–Crippen LogP) is 1.59. The quantitative estimate of drug-likeness (QED) is 0.561. The van der Waals surface area contributed by atoms with Crippen molar-refractivity contribution < 1.29 is 4.74 Å². The van der Waals surface area contributed by atoms with Crippen LogP contribution in [0.3, 0.4) is 0 Å². The first-order valence-electron chi connectivity index (χ1n) is 9.59. The monoisotopic (exact) mass is 390 g/mol. The molecule has 1 saturated heterocycles. The number of nitrogens with zero attached hydrogens (tertiary/aromatic N) is 7. The van der Waals surface area contributed by atoms with E-state index < -0.39 is 0 Å². The Morgan fingerprint density at radius 1 is 1.03 bits per heavy atom. The van der Waals surface area contributed by atoms with Crippen LogP contribution >= 0.6 is 0 Å². The average Bonchev–Trinajstić information content (AvgIpc) is 3.19. The molecule has 0 aliphatic carbocycles. The van der Waals surface area contributed by atoms with Crippen LogP contribution in [0.15, 0.2) is 42.6 Å². The highest BCUT2D eigenvalue weighted by atomic mass is 16.5. The fraction of sp³-hybridized carbons (Fsp3) is 0.300. The van der Waals surface area contributed by atoms with Crippen molar-refractivity contribution in [3.05, 3.63) is 48.4 Å². The first-order chi connectivity index (χ1) is 14.2. The van der Waals surface area contributed by atoms with E-state index in [9.17, 15) is 0 Å². The summed E-state index contributed by atoms with van der Waals surface area (Å²) in [6.07, 6.45) is 1.83. The van der Waals surface area contributed by atoms with E-state index in [2.05, 4.69) is 30.9 Å². The molecule has 1 fully saturated rings. The number of pyridine rings is 1. The summed E-state index contributed by atoms with van der Waals surface area (Å²) in [6, 6.07) is 11.8. The van der Waals surface area contributed by atoms with Crippen LogP contribution in [0.4, 0.5) is 11.8 Å². The Morgan fingerprint density at radius 3 is 2.66 bits per heavy atom. The Labute approximate surface area is 167 Å². The van der Waals surface area contributed by atoms with Gasteiger partial charge in [0.25, 0.3) is 0 Å². The molecule has 0 unspecified atom stereocenters. The van der Waals surface area contributed by atoms with Gasteiger partial charge in [0, 0.05) is 37.8 Å². The maximum absolute atomic E-state index is 6.14. The van der Waals surface area contributed by atoms with Gasteiger partial charge in [-0.05, 0) is 24.3 Å². The number of piperazine rings is 1. The molecule has 1 aliphatic heterocycles. The fourth-order valence-electron chi connectivity index (χ4n) is 3.78. The van der Waals surface area contributed by atoms with Gasteiger partial charge < -0.3 is 15.4 Å². The number of nitrogen functional groups attached to an aromatic ring is 1. The molecule has 0 atom stereocenters. The number of fused-ring (bicyclic) bond motifs is 3. The van der Waals surface area contributed by atoms with E-state index in [0.29, 0.717) is 29.4 Å². The van der Waals surface area contributed by atoms with Gasteiger partial charge in [-0.1, -0.05) is 12.1 Å². The Kier molecular flexibility index (Phi) is 4.36. The minimum absolute atomic E-state index is 0.302. The molecule has 9 nitrogen and oxygen atoms in total. The second-order valence-corrected chi connectivity index (χ2v) is 7.04. The lowest BCUT2D eigenvalue weighted by atomic mass is 10.2. The molecule has 0 spiro atoms. The number of rotatable bonds is 4. The fourth-order valence-corrected chi connectivity index (χ4v) is 3.78. The zero-order valence-corrected chi connectivity index (χ0v) is 16.2. The molecule has 1 aromatic carbocycles. The number of methoxy groups -OCH3 is 1. The summed E-state index contributed by atoms with van der Waals surface area (Å²) < 4.78 is 7.03. The molecule has 1 aliphatic rings. The largest absolute Gasteiger partial charge is 0.494 e. The van der Waals surface area contributed by atoms with Gasteiger partial charge in [-0.25, -0.2) is 15.0 Å². The number of para-hydroxylation sites is 1. The van der Waals surface area contributed by atoms with E-state index >= 15 is 0 Å². The van der Waals surface area contributed by atoms with E-state index in [-0.39, 0.29) is 0 Å². The second kappa shape index (κ2) is 7.17. The summed E-state index contributed by atoms with van der Waals surface area (Å²) in [7, 11) is 1.62. The molecule has 0 amide bonds. The van der Waals surface area contributed by atoms with E-state index in [1.54, 1.807) is 11.6 Å². The summed E-state index contributed by atoms with van der Waals surface area (Å²) in [4.78, 5) is 18.3. The number of benzene rings is 1. The second-order valence-electron chi connectivity index (χ2n) is 7.04. The van der Waals surface area contributed by atoms with Crippen molar-refractivity contribution in [1.82, 2.24) is 29.5 Å². The molecule has 5 rings (SSSR count). The van der Waals surface area contributed by atoms with Crippen LogP contribution in [0.5, 0.6) is 5.75 Å². The standard InChI is InChI=1S/C20H22N8O/c1-29-15-6-4-5-14-18(15)24-20(21)28-19(14)23-16(25-28)13-26-9-11-27(12-10-26)17-7-2-3-8-22-17/h2-8H,9-13H2,1H3,(H2,21,24). The SMILES string of the molecule is COc1cccc2c1nc(N)n1nc(CN3CCN(c4ccccn4)CC3)nc21. The highest BCUT2D eigenvalue weighted by Gasteiger charge is 2.20. The molecule has 0 bridgehead atoms. The average molecular weight is 390 g/mol. The summed E-state index contributed by atoms with van der Waals surface area (Å²) >= 11 is 0. The van der Waals surface area contributed by atoms with Crippen molar-refractivity contribution >= 4 is 28.3 Å². The number of anilines is 2. The molecule has 0 radical (unpaired) electrons. The summed E-state index contributed by atoms with van der Waals surface area (Å²) in [6.45, 7) is 4.37. The maximum atomic E-state index is 6.14. The molecular weight excluding hydrogens is 368 g/mol. The van der Waals surface area contributed by atoms with E-state index in [1.807, 2.05) is 36.5 Å². The first-order valence-corrected chi connectivity index (χ1v) is 9.59. The molecule has 29 heavy (non-hydrogen) atoms. The Bertz CT molecular complexity index is 1150. The third kappa shape index (κ3) is 3.19. The number of hydrogen-bond donors (Lipinski definition) is 1. The van der Waals surface area contributed by atoms with Gasteiger partial charge in [0.15, 0.2) is 11.5 Å². The molecule has 4 aromatic rings. The molecule has 9 heteroatoms. The highest BCUT2D eigenvalue weighted by molar-refractivity contribution is 5.95. The van der Waals surface area contributed by atoms with Gasteiger partial charge >= 0.3 is 0 Å². The molecule has 2 N–H and O–H groups in total. The molecular formula is C20H22N8O. The zero-order valence-electron chi connectivity index (χ0n) is 16.2. The molecule has 148 valence electrons. The predicted molar refractivity (Wildman–Crippen MR) is 111 cm³/mol. The van der Waals surface area contributed by atoms with E-state index in [1.165, 1.54) is 0 Å². The first kappa shape index (κ1) is 17.6. The number of ether oxygens (including phenoxy) is 1. The van der Waals surface area contributed by atoms with Crippen molar-refractivity contribution in [2.24, 2.45) is 0 Å². The van der Waals surface area contributed by atoms with E-state index in [0.717, 1.165) is 43.2 Å². The lowest BCUT2D eigenvalue weighted by Gasteiger charge is -2.34. The normalized spacial score (nSPS) is 15.3. The molecule has 4 heterocycles. The minimum Gasteiger partial charge on any atom is -0.494 e. The Balaban J connectivity index is 1.38. The third-order valence-electron chi connectivity index (χ3n) is 5.26. The molecule has 3 aromatic heterocycles. The lowest BCUT2D eigenvalue weighted by Crippen LogP contribution is -2.46. The van der Waals surface area contributed by atoms with Crippen LogP contribution in [0.25, 0.3) is 16.6 Å². The van der Waals surface area contributed by atoms with Gasteiger partial charge in [-0.3, -0.25) is 4.90 Å². The summed E-state index contributed by atoms with van der Waals surface area (Å²) in [5, 5.41) is 5.47. The topological polar surface area (TPSA) is 97.7 Å². The smallest absolute Gasteiger partial charge is 0.223 e. The van der Waals surface area contributed by atoms with Crippen molar-refractivity contribution in [2.45, 2.75) is 6.54 Å². The number of nitrogens with two attached hydrogens (primary N) is 1. The van der Waals surface area contributed by atoms with Gasteiger partial charge in [0.2, 0.25) is 5.95 Å². The van der Waals surface area contributed by atoms with Gasteiger partial charge in [-0.2, -0.15) is 4.52 Å². The highest BCUT2D eigenvalue weighted by Crippen LogP contribution is 2.27. The van der Waals surface area contributed by atoms with Crippen molar-refractivity contribution in [2.75, 3.05) is 43.9 Å². The van der Waals surface area contributed by atoms with Crippen LogP contribution in [0.2, 0.25) is 0 Å². The van der Waals surface area contributed by atoms with E-state index in [4.69, 9.17) is 15.5 Å². The lowest BCUT2D eigenvalue weighted by molar-refractivity contribution is 0.243. The minimum atomic E-state index is 0.302. The van der Waals surface area contributed by atoms with Gasteiger partial charge in [0.05, 0.1) is 13.7 Å². The number of aromatic nitrogens is 5. The summed E-state index contributed by atoms with van der Waals surface area (Å²) in [5.74, 6) is 2.74. The molecule has 0 saturated carbocycles. The van der Waals surface area contributed by atoms with Gasteiger partial charge in [0.1, 0.15) is 17.1 Å². The van der Waals surface area contributed by atoms with Crippen molar-refractivity contribution in [1.29, 1.82) is 0 Å². The van der Waals surface area contributed by atoms with Gasteiger partial charge in [-0.15, -0.1) is 5.10 Å². The zero-order chi connectivity index (χ0) is 19.8. The van der Waals surface area contributed by atoms with Crippen LogP contribution in [-0.2, 0) is 6.54 Å². The maximum Gasteiger partial charge on any atom is 0.223 e. The number of hydrogen-bond acceptors (Lipinski definition) is 8. The Morgan fingerprint density at radius 2 is 1.90 bits per heavy atom. The van der Waals surface area contributed by atoms with Crippen molar-refractivity contribution in [3.8, 4) is 5.75 Å². The Hall–Kier alpha value is -3.46. The summed E-state index contributed by atoms with van der Waals surface area (Å²) in [5.41, 5.74) is 7.54. The third-order valence-corrected chi connectivity index (χ3v) is 5.26. The van der Waals surface area contributed by atoms with Crippen LogP contribution in [-0.4, -0.2) is 62.8 Å². The van der Waals surface area contributed by atoms with Crippen LogP contribution in [0, 0.1) is 0 Å².